The second kappa shape index (κ2) is 9.96. The Morgan fingerprint density at radius 3 is 2.68 bits per heavy atom. The molecule has 0 amide bonds. The number of ether oxygens (including phenoxy) is 2. The van der Waals surface area contributed by atoms with E-state index in [0.717, 1.165) is 17.9 Å². The van der Waals surface area contributed by atoms with E-state index in [-0.39, 0.29) is 11.6 Å². The van der Waals surface area contributed by atoms with Gasteiger partial charge in [0.1, 0.15) is 5.75 Å². The van der Waals surface area contributed by atoms with E-state index in [0.29, 0.717) is 34.3 Å². The van der Waals surface area contributed by atoms with Gasteiger partial charge in [-0.2, -0.15) is 0 Å². The Hall–Kier alpha value is -2.02. The summed E-state index contributed by atoms with van der Waals surface area (Å²) in [6.45, 7) is 3.00. The summed E-state index contributed by atoms with van der Waals surface area (Å²) in [6, 6.07) is 14.7. The minimum Gasteiger partial charge on any atom is -0.494 e. The van der Waals surface area contributed by atoms with Crippen LogP contribution >= 0.6 is 23.4 Å². The van der Waals surface area contributed by atoms with Crippen molar-refractivity contribution < 1.29 is 9.47 Å². The first-order valence-corrected chi connectivity index (χ1v) is 10.5. The molecule has 0 radical (unpaired) electrons. The van der Waals surface area contributed by atoms with Crippen LogP contribution in [0.15, 0.2) is 58.5 Å². The average molecular weight is 419 g/mol. The zero-order valence-corrected chi connectivity index (χ0v) is 17.5. The predicted molar refractivity (Wildman–Crippen MR) is 115 cm³/mol. The maximum absolute atomic E-state index is 13.0. The molecule has 7 heteroatoms. The first-order chi connectivity index (χ1) is 13.6. The van der Waals surface area contributed by atoms with Crippen molar-refractivity contribution >= 4 is 34.3 Å². The molecule has 0 aliphatic rings. The van der Waals surface area contributed by atoms with Gasteiger partial charge in [0, 0.05) is 17.9 Å². The van der Waals surface area contributed by atoms with Gasteiger partial charge in [0.15, 0.2) is 5.16 Å². The maximum atomic E-state index is 13.0. The molecule has 3 rings (SSSR count). The number of hydrogen-bond acceptors (Lipinski definition) is 5. The molecule has 0 aliphatic heterocycles. The van der Waals surface area contributed by atoms with E-state index in [9.17, 15) is 4.79 Å². The fraction of sp³-hybridized carbons (Fsp3) is 0.333. The van der Waals surface area contributed by atoms with Gasteiger partial charge in [0.05, 0.1) is 30.2 Å². The molecule has 0 saturated heterocycles. The summed E-state index contributed by atoms with van der Waals surface area (Å²) in [5.41, 5.74) is 0.684. The third-order valence-corrected chi connectivity index (χ3v) is 5.52. The van der Waals surface area contributed by atoms with E-state index >= 15 is 0 Å². The number of benzene rings is 2. The number of hydrogen-bond donors (Lipinski definition) is 0. The van der Waals surface area contributed by atoms with Crippen molar-refractivity contribution in [3.63, 3.8) is 0 Å². The lowest BCUT2D eigenvalue weighted by Gasteiger charge is -2.18. The van der Waals surface area contributed by atoms with Crippen LogP contribution in [0.3, 0.4) is 0 Å². The summed E-state index contributed by atoms with van der Waals surface area (Å²) >= 11 is 7.44. The lowest BCUT2D eigenvalue weighted by Crippen LogP contribution is -2.28. The molecule has 1 aromatic heterocycles. The topological polar surface area (TPSA) is 53.4 Å². The molecule has 3 aromatic rings. The largest absolute Gasteiger partial charge is 0.494 e. The highest BCUT2D eigenvalue weighted by Crippen LogP contribution is 2.22. The Bertz CT molecular complexity index is 976. The summed E-state index contributed by atoms with van der Waals surface area (Å²) in [7, 11) is 1.64. The molecule has 0 saturated carbocycles. The highest BCUT2D eigenvalue weighted by atomic mass is 35.5. The van der Waals surface area contributed by atoms with Gasteiger partial charge in [-0.05, 0) is 49.7 Å². The summed E-state index contributed by atoms with van der Waals surface area (Å²) in [5.74, 6) is 1.58. The first-order valence-electron chi connectivity index (χ1n) is 9.11. The molecule has 0 aliphatic carbocycles. The minimum absolute atomic E-state index is 0.0323. The van der Waals surface area contributed by atoms with Gasteiger partial charge in [-0.1, -0.05) is 35.5 Å². The van der Waals surface area contributed by atoms with Gasteiger partial charge in [0.2, 0.25) is 0 Å². The standard InChI is InChI=1S/C21H23ClN2O3S/c1-15(14-26-2)24-20(25)18-6-3-4-7-19(18)23-21(24)28-13-5-12-27-17-10-8-16(22)9-11-17/h3-4,6-11,15H,5,12-14H2,1-2H3/t15-/m1/s1. The van der Waals surface area contributed by atoms with Crippen LogP contribution in [0.5, 0.6) is 5.75 Å². The van der Waals surface area contributed by atoms with Gasteiger partial charge in [-0.15, -0.1) is 0 Å². The Kier molecular flexibility index (Phi) is 7.36. The second-order valence-electron chi connectivity index (χ2n) is 6.40. The molecule has 1 heterocycles. The molecule has 0 fully saturated rings. The number of para-hydroxylation sites is 1. The number of nitrogens with zero attached hydrogens (tertiary/aromatic N) is 2. The molecule has 1 atom stereocenters. The lowest BCUT2D eigenvalue weighted by molar-refractivity contribution is 0.156. The summed E-state index contributed by atoms with van der Waals surface area (Å²) in [4.78, 5) is 17.7. The van der Waals surface area contributed by atoms with E-state index in [4.69, 9.17) is 26.1 Å². The molecule has 5 nitrogen and oxygen atoms in total. The van der Waals surface area contributed by atoms with Crippen LogP contribution in [0.2, 0.25) is 5.02 Å². The molecule has 28 heavy (non-hydrogen) atoms. The van der Waals surface area contributed by atoms with Crippen LogP contribution in [-0.4, -0.2) is 35.6 Å². The van der Waals surface area contributed by atoms with Crippen molar-refractivity contribution in [3.05, 3.63) is 63.9 Å². The predicted octanol–water partition coefficient (Wildman–Crippen LogP) is 4.82. The molecular formula is C21H23ClN2O3S. The van der Waals surface area contributed by atoms with Gasteiger partial charge in [-0.3, -0.25) is 9.36 Å². The second-order valence-corrected chi connectivity index (χ2v) is 7.89. The van der Waals surface area contributed by atoms with Crippen LogP contribution in [-0.2, 0) is 4.74 Å². The summed E-state index contributed by atoms with van der Waals surface area (Å²) in [6.07, 6.45) is 0.828. The zero-order valence-electron chi connectivity index (χ0n) is 15.9. The molecule has 2 aromatic carbocycles. The SMILES string of the molecule is COC[C@@H](C)n1c(SCCCOc2ccc(Cl)cc2)nc2ccccc2c1=O. The highest BCUT2D eigenvalue weighted by molar-refractivity contribution is 7.99. The van der Waals surface area contributed by atoms with Gasteiger partial charge in [0.25, 0.3) is 5.56 Å². The van der Waals surface area contributed by atoms with E-state index < -0.39 is 0 Å². The number of thioether (sulfide) groups is 1. The molecule has 0 bridgehead atoms. The molecular weight excluding hydrogens is 396 g/mol. The van der Waals surface area contributed by atoms with E-state index in [1.54, 1.807) is 35.6 Å². The Labute approximate surface area is 173 Å². The normalized spacial score (nSPS) is 12.2. The van der Waals surface area contributed by atoms with Crippen molar-refractivity contribution in [1.82, 2.24) is 9.55 Å². The molecule has 0 spiro atoms. The van der Waals surface area contributed by atoms with Crippen LogP contribution in [0.25, 0.3) is 10.9 Å². The van der Waals surface area contributed by atoms with Crippen LogP contribution < -0.4 is 10.3 Å². The number of aromatic nitrogens is 2. The Balaban J connectivity index is 1.69. The smallest absolute Gasteiger partial charge is 0.262 e. The Morgan fingerprint density at radius 1 is 1.18 bits per heavy atom. The summed E-state index contributed by atoms with van der Waals surface area (Å²) < 4.78 is 12.7. The number of methoxy groups -OCH3 is 1. The van der Waals surface area contributed by atoms with Crippen LogP contribution in [0, 0.1) is 0 Å². The Morgan fingerprint density at radius 2 is 1.93 bits per heavy atom. The number of halogens is 1. The third-order valence-electron chi connectivity index (χ3n) is 4.23. The number of rotatable bonds is 9. The minimum atomic E-state index is -0.0950. The fourth-order valence-electron chi connectivity index (χ4n) is 2.88. The highest BCUT2D eigenvalue weighted by Gasteiger charge is 2.16. The van der Waals surface area contributed by atoms with Crippen molar-refractivity contribution in [2.24, 2.45) is 0 Å². The summed E-state index contributed by atoms with van der Waals surface area (Å²) in [5, 5.41) is 2.02. The lowest BCUT2D eigenvalue weighted by atomic mass is 10.2. The average Bonchev–Trinajstić information content (AvgIpc) is 2.69. The van der Waals surface area contributed by atoms with E-state index in [1.807, 2.05) is 43.3 Å². The quantitative estimate of drug-likeness (QED) is 0.283. The van der Waals surface area contributed by atoms with Crippen molar-refractivity contribution in [3.8, 4) is 5.75 Å². The van der Waals surface area contributed by atoms with E-state index in [1.165, 1.54) is 0 Å². The molecule has 0 unspecified atom stereocenters. The zero-order chi connectivity index (χ0) is 19.9. The van der Waals surface area contributed by atoms with Crippen LogP contribution in [0.1, 0.15) is 19.4 Å². The first kappa shape index (κ1) is 20.7. The van der Waals surface area contributed by atoms with Crippen molar-refractivity contribution in [2.45, 2.75) is 24.5 Å². The van der Waals surface area contributed by atoms with Crippen molar-refractivity contribution in [2.75, 3.05) is 26.1 Å². The maximum Gasteiger partial charge on any atom is 0.262 e. The third kappa shape index (κ3) is 5.07. The van der Waals surface area contributed by atoms with E-state index in [2.05, 4.69) is 0 Å². The van der Waals surface area contributed by atoms with Gasteiger partial charge < -0.3 is 9.47 Å². The van der Waals surface area contributed by atoms with Gasteiger partial charge >= 0.3 is 0 Å². The molecule has 148 valence electrons. The van der Waals surface area contributed by atoms with Gasteiger partial charge in [-0.25, -0.2) is 4.98 Å². The fourth-order valence-corrected chi connectivity index (χ4v) is 4.01. The number of fused-ring (bicyclic) bond motifs is 1. The van der Waals surface area contributed by atoms with Crippen molar-refractivity contribution in [1.29, 1.82) is 0 Å². The van der Waals surface area contributed by atoms with Crippen LogP contribution in [0.4, 0.5) is 0 Å². The molecule has 0 N–H and O–H groups in total. The monoisotopic (exact) mass is 418 g/mol.